The normalized spacial score (nSPS) is 16.8. The summed E-state index contributed by atoms with van der Waals surface area (Å²) in [6, 6.07) is 5.28. The van der Waals surface area contributed by atoms with Crippen molar-refractivity contribution >= 4 is 5.91 Å². The third-order valence-electron chi connectivity index (χ3n) is 3.87. The maximum Gasteiger partial charge on any atom is 0.233 e. The smallest absolute Gasteiger partial charge is 0.233 e. The van der Waals surface area contributed by atoms with E-state index in [9.17, 15) is 15.0 Å². The molecule has 1 fully saturated rings. The molecular weight excluding hydrogens is 270 g/mol. The minimum Gasteiger partial charge on any atom is -0.504 e. The second kappa shape index (κ2) is 7.28. The average molecular weight is 293 g/mol. The van der Waals surface area contributed by atoms with Gasteiger partial charge in [-0.25, -0.2) is 0 Å². The van der Waals surface area contributed by atoms with Crippen LogP contribution in [0.15, 0.2) is 18.2 Å². The van der Waals surface area contributed by atoms with E-state index in [-0.39, 0.29) is 17.4 Å². The number of benzene rings is 1. The van der Waals surface area contributed by atoms with E-state index in [2.05, 4.69) is 15.5 Å². The summed E-state index contributed by atoms with van der Waals surface area (Å²) in [5.74, 6) is -0.128. The van der Waals surface area contributed by atoms with Crippen molar-refractivity contribution in [2.45, 2.75) is 25.4 Å². The molecule has 1 amide bonds. The van der Waals surface area contributed by atoms with Gasteiger partial charge in [-0.3, -0.25) is 9.69 Å². The van der Waals surface area contributed by atoms with Gasteiger partial charge < -0.3 is 20.8 Å². The van der Waals surface area contributed by atoms with E-state index < -0.39 is 0 Å². The fraction of sp³-hybridized carbons (Fsp3) is 0.533. The lowest BCUT2D eigenvalue weighted by molar-refractivity contribution is -0.122. The SMILES string of the molecule is CNC(=O)CN1CCC(NCc2ccc(O)c(O)c2)CC1. The Bertz CT molecular complexity index is 485. The zero-order valence-electron chi connectivity index (χ0n) is 12.3. The van der Waals surface area contributed by atoms with Gasteiger partial charge in [0.05, 0.1) is 6.54 Å². The van der Waals surface area contributed by atoms with Crippen molar-refractivity contribution in [1.82, 2.24) is 15.5 Å². The largest absolute Gasteiger partial charge is 0.504 e. The topological polar surface area (TPSA) is 84.8 Å². The molecule has 0 bridgehead atoms. The fourth-order valence-electron chi connectivity index (χ4n) is 2.52. The van der Waals surface area contributed by atoms with Gasteiger partial charge in [-0.2, -0.15) is 0 Å². The van der Waals surface area contributed by atoms with Crippen molar-refractivity contribution in [2.75, 3.05) is 26.7 Å². The first-order valence-electron chi connectivity index (χ1n) is 7.25. The molecule has 1 saturated heterocycles. The van der Waals surface area contributed by atoms with E-state index in [1.54, 1.807) is 19.2 Å². The van der Waals surface area contributed by atoms with Crippen molar-refractivity contribution in [3.8, 4) is 11.5 Å². The number of aromatic hydroxyl groups is 2. The number of carbonyl (C=O) groups excluding carboxylic acids is 1. The molecule has 6 nitrogen and oxygen atoms in total. The molecule has 0 aliphatic carbocycles. The summed E-state index contributed by atoms with van der Waals surface area (Å²) in [6.45, 7) is 2.95. The number of hydrogen-bond donors (Lipinski definition) is 4. The molecule has 1 aliphatic heterocycles. The molecule has 6 heteroatoms. The quantitative estimate of drug-likeness (QED) is 0.591. The summed E-state index contributed by atoms with van der Waals surface area (Å²) in [5.41, 5.74) is 0.943. The highest BCUT2D eigenvalue weighted by Crippen LogP contribution is 2.24. The number of likely N-dealkylation sites (N-methyl/N-ethyl adjacent to an activating group) is 1. The number of hydrogen-bond acceptors (Lipinski definition) is 5. The summed E-state index contributed by atoms with van der Waals surface area (Å²) in [6.07, 6.45) is 2.00. The van der Waals surface area contributed by atoms with Gasteiger partial charge >= 0.3 is 0 Å². The lowest BCUT2D eigenvalue weighted by Gasteiger charge is -2.31. The Hall–Kier alpha value is -1.79. The van der Waals surface area contributed by atoms with Crippen molar-refractivity contribution in [3.05, 3.63) is 23.8 Å². The van der Waals surface area contributed by atoms with Crippen molar-refractivity contribution < 1.29 is 15.0 Å². The van der Waals surface area contributed by atoms with Crippen LogP contribution in [0, 0.1) is 0 Å². The third kappa shape index (κ3) is 4.61. The molecule has 4 N–H and O–H groups in total. The monoisotopic (exact) mass is 293 g/mol. The van der Waals surface area contributed by atoms with Gasteiger partial charge in [-0.05, 0) is 30.5 Å². The molecule has 116 valence electrons. The van der Waals surface area contributed by atoms with Crippen LogP contribution in [-0.4, -0.2) is 53.7 Å². The summed E-state index contributed by atoms with van der Waals surface area (Å²) in [4.78, 5) is 13.5. The molecule has 21 heavy (non-hydrogen) atoms. The van der Waals surface area contributed by atoms with Crippen LogP contribution in [-0.2, 0) is 11.3 Å². The molecule has 0 spiro atoms. The first kappa shape index (κ1) is 15.6. The van der Waals surface area contributed by atoms with E-state index >= 15 is 0 Å². The van der Waals surface area contributed by atoms with Crippen LogP contribution in [0.25, 0.3) is 0 Å². The second-order valence-corrected chi connectivity index (χ2v) is 5.43. The van der Waals surface area contributed by atoms with Gasteiger partial charge in [-0.1, -0.05) is 6.07 Å². The summed E-state index contributed by atoms with van der Waals surface area (Å²) in [5, 5.41) is 24.8. The van der Waals surface area contributed by atoms with Gasteiger partial charge in [-0.15, -0.1) is 0 Å². The number of nitrogens with zero attached hydrogens (tertiary/aromatic N) is 1. The molecule has 1 aromatic carbocycles. The van der Waals surface area contributed by atoms with Crippen LogP contribution in [0.4, 0.5) is 0 Å². The Morgan fingerprint density at radius 1 is 1.29 bits per heavy atom. The Morgan fingerprint density at radius 2 is 2.00 bits per heavy atom. The third-order valence-corrected chi connectivity index (χ3v) is 3.87. The maximum atomic E-state index is 11.3. The lowest BCUT2D eigenvalue weighted by atomic mass is 10.0. The number of piperidine rings is 1. The van der Waals surface area contributed by atoms with Gasteiger partial charge in [0.15, 0.2) is 11.5 Å². The molecular formula is C15H23N3O3. The maximum absolute atomic E-state index is 11.3. The summed E-state index contributed by atoms with van der Waals surface area (Å²) >= 11 is 0. The highest BCUT2D eigenvalue weighted by atomic mass is 16.3. The molecule has 1 aromatic rings. The number of nitrogens with one attached hydrogen (secondary N) is 2. The standard InChI is InChI=1S/C15H23N3O3/c1-16-15(21)10-18-6-4-12(5-7-18)17-9-11-2-3-13(19)14(20)8-11/h2-3,8,12,17,19-20H,4-7,9-10H2,1H3,(H,16,21). The summed E-state index contributed by atoms with van der Waals surface area (Å²) < 4.78 is 0. The lowest BCUT2D eigenvalue weighted by Crippen LogP contribution is -2.45. The Balaban J connectivity index is 1.73. The van der Waals surface area contributed by atoms with Gasteiger partial charge in [0.1, 0.15) is 0 Å². The molecule has 2 rings (SSSR count). The van der Waals surface area contributed by atoms with Crippen molar-refractivity contribution in [1.29, 1.82) is 0 Å². The van der Waals surface area contributed by atoms with Crippen molar-refractivity contribution in [3.63, 3.8) is 0 Å². The van der Waals surface area contributed by atoms with Gasteiger partial charge in [0.2, 0.25) is 5.91 Å². The highest BCUT2D eigenvalue weighted by molar-refractivity contribution is 5.77. The number of likely N-dealkylation sites (tertiary alicyclic amines) is 1. The zero-order chi connectivity index (χ0) is 15.2. The van der Waals surface area contributed by atoms with Gasteiger partial charge in [0, 0.05) is 32.7 Å². The van der Waals surface area contributed by atoms with Crippen LogP contribution in [0.2, 0.25) is 0 Å². The predicted octanol–water partition coefficient (Wildman–Crippen LogP) is 0.398. The van der Waals surface area contributed by atoms with Crippen LogP contribution in [0.3, 0.4) is 0 Å². The van der Waals surface area contributed by atoms with Gasteiger partial charge in [0.25, 0.3) is 0 Å². The number of phenols is 2. The van der Waals surface area contributed by atoms with Crippen LogP contribution >= 0.6 is 0 Å². The molecule has 0 atom stereocenters. The second-order valence-electron chi connectivity index (χ2n) is 5.43. The van der Waals surface area contributed by atoms with E-state index in [1.165, 1.54) is 6.07 Å². The van der Waals surface area contributed by atoms with Crippen LogP contribution < -0.4 is 10.6 Å². The molecule has 0 aromatic heterocycles. The molecule has 0 radical (unpaired) electrons. The molecule has 1 heterocycles. The van der Waals surface area contributed by atoms with E-state index in [0.717, 1.165) is 31.5 Å². The first-order chi connectivity index (χ1) is 10.1. The molecule has 0 unspecified atom stereocenters. The number of rotatable bonds is 5. The minimum absolute atomic E-state index is 0.0565. The average Bonchev–Trinajstić information content (AvgIpc) is 2.50. The zero-order valence-corrected chi connectivity index (χ0v) is 12.3. The number of phenolic OH excluding ortho intramolecular Hbond substituents is 2. The van der Waals surface area contributed by atoms with E-state index in [0.29, 0.717) is 19.1 Å². The fourth-order valence-corrected chi connectivity index (χ4v) is 2.52. The Labute approximate surface area is 124 Å². The number of amides is 1. The number of carbonyl (C=O) groups is 1. The Morgan fingerprint density at radius 3 is 2.62 bits per heavy atom. The summed E-state index contributed by atoms with van der Waals surface area (Å²) in [7, 11) is 1.66. The minimum atomic E-state index is -0.0961. The van der Waals surface area contributed by atoms with Crippen LogP contribution in [0.5, 0.6) is 11.5 Å². The van der Waals surface area contributed by atoms with Crippen molar-refractivity contribution in [2.24, 2.45) is 0 Å². The first-order valence-corrected chi connectivity index (χ1v) is 7.25. The molecule has 1 aliphatic rings. The van der Waals surface area contributed by atoms with E-state index in [4.69, 9.17) is 0 Å². The molecule has 0 saturated carbocycles. The predicted molar refractivity (Wildman–Crippen MR) is 80.1 cm³/mol. The Kier molecular flexibility index (Phi) is 5.41. The highest BCUT2D eigenvalue weighted by Gasteiger charge is 2.20. The van der Waals surface area contributed by atoms with E-state index in [1.807, 2.05) is 0 Å². The van der Waals surface area contributed by atoms with Crippen LogP contribution in [0.1, 0.15) is 18.4 Å².